The molecule has 1 saturated carbocycles. The number of ether oxygens (including phenoxy) is 1. The van der Waals surface area contributed by atoms with Crippen molar-refractivity contribution >= 4 is 10.8 Å². The molecular formula is C21H23FN4O2. The molecule has 4 rings (SSSR count). The number of phenolic OH excluding ortho intramolecular Hbond substituents is 1. The van der Waals surface area contributed by atoms with Gasteiger partial charge in [-0.25, -0.2) is 9.37 Å². The lowest BCUT2D eigenvalue weighted by atomic mass is 9.72. The number of fused-ring (bicyclic) bond motifs is 1. The van der Waals surface area contributed by atoms with Crippen LogP contribution in [-0.4, -0.2) is 37.5 Å². The van der Waals surface area contributed by atoms with Crippen LogP contribution in [0.3, 0.4) is 0 Å². The molecule has 7 heteroatoms. The summed E-state index contributed by atoms with van der Waals surface area (Å²) in [5.74, 6) is 0.523. The number of aromatic hydroxyl groups is 1. The second kappa shape index (κ2) is 7.30. The van der Waals surface area contributed by atoms with Crippen molar-refractivity contribution in [3.63, 3.8) is 0 Å². The number of rotatable bonds is 4. The smallest absolute Gasteiger partial charge is 0.252 e. The minimum absolute atomic E-state index is 0.0470. The third-order valence-electron chi connectivity index (χ3n) is 5.78. The highest BCUT2D eigenvalue weighted by Gasteiger charge is 2.38. The maximum absolute atomic E-state index is 14.3. The maximum atomic E-state index is 14.3. The van der Waals surface area contributed by atoms with E-state index in [9.17, 15) is 9.50 Å². The summed E-state index contributed by atoms with van der Waals surface area (Å²) >= 11 is 0. The fourth-order valence-corrected chi connectivity index (χ4v) is 3.72. The predicted molar refractivity (Wildman–Crippen MR) is 104 cm³/mol. The first-order valence-electron chi connectivity index (χ1n) is 9.55. The zero-order valence-electron chi connectivity index (χ0n) is 16.0. The lowest BCUT2D eigenvalue weighted by Gasteiger charge is -2.38. The average Bonchev–Trinajstić information content (AvgIpc) is 2.71. The summed E-state index contributed by atoms with van der Waals surface area (Å²) < 4.78 is 20.1. The van der Waals surface area contributed by atoms with Crippen molar-refractivity contribution in [2.75, 3.05) is 0 Å². The molecule has 0 amide bonds. The Morgan fingerprint density at radius 2 is 2.11 bits per heavy atom. The lowest BCUT2D eigenvalue weighted by Crippen LogP contribution is -2.40. The SMILES string of the molecule is CC[C@@]1(C)CC[C@H](F)[C@@H](Oc2cnc(-c3cc4ccncc4cc3O)nn2)C1. The molecule has 0 unspecified atom stereocenters. The fraction of sp³-hybridized carbons (Fsp3) is 0.429. The fourth-order valence-electron chi connectivity index (χ4n) is 3.72. The first kappa shape index (κ1) is 18.5. The van der Waals surface area contributed by atoms with E-state index in [-0.39, 0.29) is 22.9 Å². The quantitative estimate of drug-likeness (QED) is 0.717. The molecule has 1 aromatic carbocycles. The Morgan fingerprint density at radius 1 is 1.25 bits per heavy atom. The van der Waals surface area contributed by atoms with Crippen LogP contribution < -0.4 is 4.74 Å². The van der Waals surface area contributed by atoms with Crippen molar-refractivity contribution in [2.45, 2.75) is 51.8 Å². The van der Waals surface area contributed by atoms with Crippen LogP contribution in [0.5, 0.6) is 11.6 Å². The number of benzene rings is 1. The Balaban J connectivity index is 1.55. The molecule has 1 aliphatic carbocycles. The highest BCUT2D eigenvalue weighted by Crippen LogP contribution is 2.41. The molecule has 0 radical (unpaired) electrons. The summed E-state index contributed by atoms with van der Waals surface area (Å²) in [4.78, 5) is 8.31. The van der Waals surface area contributed by atoms with Gasteiger partial charge in [0.05, 0.1) is 11.8 Å². The van der Waals surface area contributed by atoms with Crippen LogP contribution in [-0.2, 0) is 0 Å². The van der Waals surface area contributed by atoms with E-state index in [2.05, 4.69) is 34.0 Å². The molecule has 1 fully saturated rings. The van der Waals surface area contributed by atoms with E-state index in [1.54, 1.807) is 24.5 Å². The minimum atomic E-state index is -1.01. The van der Waals surface area contributed by atoms with Gasteiger partial charge in [-0.1, -0.05) is 20.3 Å². The summed E-state index contributed by atoms with van der Waals surface area (Å²) in [7, 11) is 0. The molecule has 28 heavy (non-hydrogen) atoms. The van der Waals surface area contributed by atoms with Gasteiger partial charge < -0.3 is 9.84 Å². The van der Waals surface area contributed by atoms with E-state index in [1.807, 2.05) is 6.07 Å². The molecule has 3 aromatic rings. The summed E-state index contributed by atoms with van der Waals surface area (Å²) in [6.45, 7) is 4.29. The molecule has 1 N–H and O–H groups in total. The standard InChI is InChI=1S/C21H23FN4O2/c1-3-21(2)6-4-16(22)18(10-21)28-19-12-24-20(26-25-19)15-8-13-5-7-23-11-14(13)9-17(15)27/h5,7-9,11-12,16,18,27H,3-4,6,10H2,1-2H3/t16-,18-,21-/m0/s1. The molecule has 3 atom stereocenters. The molecule has 146 valence electrons. The van der Waals surface area contributed by atoms with Gasteiger partial charge in [0.2, 0.25) is 0 Å². The third-order valence-corrected chi connectivity index (χ3v) is 5.78. The predicted octanol–water partition coefficient (Wildman–Crippen LogP) is 4.48. The number of hydrogen-bond donors (Lipinski definition) is 1. The van der Waals surface area contributed by atoms with Crippen molar-refractivity contribution < 1.29 is 14.2 Å². The van der Waals surface area contributed by atoms with Crippen molar-refractivity contribution in [1.29, 1.82) is 0 Å². The number of nitrogens with zero attached hydrogens (tertiary/aromatic N) is 4. The number of aromatic nitrogens is 4. The van der Waals surface area contributed by atoms with Gasteiger partial charge in [-0.2, -0.15) is 0 Å². The van der Waals surface area contributed by atoms with Gasteiger partial charge in [-0.3, -0.25) is 4.98 Å². The average molecular weight is 382 g/mol. The number of alkyl halides is 1. The van der Waals surface area contributed by atoms with Crippen molar-refractivity contribution in [2.24, 2.45) is 5.41 Å². The number of halogens is 1. The third kappa shape index (κ3) is 3.61. The topological polar surface area (TPSA) is 81.0 Å². The molecule has 0 bridgehead atoms. The summed E-state index contributed by atoms with van der Waals surface area (Å²) in [6, 6.07) is 5.25. The maximum Gasteiger partial charge on any atom is 0.252 e. The lowest BCUT2D eigenvalue weighted by molar-refractivity contribution is 0.00236. The summed E-state index contributed by atoms with van der Waals surface area (Å²) in [6.07, 6.45) is 6.23. The number of pyridine rings is 1. The minimum Gasteiger partial charge on any atom is -0.507 e. The van der Waals surface area contributed by atoms with E-state index in [0.29, 0.717) is 18.4 Å². The van der Waals surface area contributed by atoms with Crippen LogP contribution in [0.15, 0.2) is 36.8 Å². The van der Waals surface area contributed by atoms with E-state index in [1.165, 1.54) is 6.20 Å². The Bertz CT molecular complexity index is 982. The Labute approximate surface area is 162 Å². The molecular weight excluding hydrogens is 359 g/mol. The summed E-state index contributed by atoms with van der Waals surface area (Å²) in [5.41, 5.74) is 0.553. The van der Waals surface area contributed by atoms with E-state index < -0.39 is 12.3 Å². The monoisotopic (exact) mass is 382 g/mol. The first-order chi connectivity index (χ1) is 13.5. The van der Waals surface area contributed by atoms with E-state index in [4.69, 9.17) is 4.74 Å². The van der Waals surface area contributed by atoms with Gasteiger partial charge in [0.15, 0.2) is 5.82 Å². The van der Waals surface area contributed by atoms with Crippen LogP contribution in [0.25, 0.3) is 22.2 Å². The normalized spacial score (nSPS) is 25.0. The second-order valence-electron chi connectivity index (χ2n) is 7.79. The largest absolute Gasteiger partial charge is 0.507 e. The molecule has 2 aromatic heterocycles. The number of hydrogen-bond acceptors (Lipinski definition) is 6. The number of phenols is 1. The Hall–Kier alpha value is -2.83. The van der Waals surface area contributed by atoms with Crippen LogP contribution >= 0.6 is 0 Å². The first-order valence-corrected chi connectivity index (χ1v) is 9.55. The van der Waals surface area contributed by atoms with Crippen molar-refractivity contribution in [3.05, 3.63) is 36.8 Å². The molecule has 0 aliphatic heterocycles. The molecule has 0 saturated heterocycles. The zero-order chi connectivity index (χ0) is 19.7. The van der Waals surface area contributed by atoms with Crippen LogP contribution in [0, 0.1) is 5.41 Å². The zero-order valence-corrected chi connectivity index (χ0v) is 16.0. The van der Waals surface area contributed by atoms with E-state index in [0.717, 1.165) is 23.6 Å². The van der Waals surface area contributed by atoms with Gasteiger partial charge >= 0.3 is 0 Å². The summed E-state index contributed by atoms with van der Waals surface area (Å²) in [5, 5.41) is 20.2. The highest BCUT2D eigenvalue weighted by atomic mass is 19.1. The highest BCUT2D eigenvalue weighted by molar-refractivity contribution is 5.88. The Kier molecular flexibility index (Phi) is 4.83. The molecule has 2 heterocycles. The van der Waals surface area contributed by atoms with Crippen molar-refractivity contribution in [3.8, 4) is 23.0 Å². The van der Waals surface area contributed by atoms with Crippen molar-refractivity contribution in [1.82, 2.24) is 20.2 Å². The Morgan fingerprint density at radius 3 is 2.86 bits per heavy atom. The van der Waals surface area contributed by atoms with E-state index >= 15 is 0 Å². The van der Waals surface area contributed by atoms with Gasteiger partial charge in [0.25, 0.3) is 5.88 Å². The molecule has 1 aliphatic rings. The van der Waals surface area contributed by atoms with Gasteiger partial charge in [0.1, 0.15) is 18.0 Å². The van der Waals surface area contributed by atoms with Gasteiger partial charge in [0, 0.05) is 17.8 Å². The van der Waals surface area contributed by atoms with Crippen LogP contribution in [0.1, 0.15) is 39.5 Å². The molecule has 0 spiro atoms. The van der Waals surface area contributed by atoms with Crippen LogP contribution in [0.2, 0.25) is 0 Å². The molecule has 6 nitrogen and oxygen atoms in total. The van der Waals surface area contributed by atoms with Gasteiger partial charge in [-0.15, -0.1) is 10.2 Å². The second-order valence-corrected chi connectivity index (χ2v) is 7.79. The van der Waals surface area contributed by atoms with Gasteiger partial charge in [-0.05, 0) is 48.3 Å². The van der Waals surface area contributed by atoms with Crippen LogP contribution in [0.4, 0.5) is 4.39 Å².